The minimum absolute atomic E-state index is 0.148. The summed E-state index contributed by atoms with van der Waals surface area (Å²) in [4.78, 5) is 6.55. The smallest absolute Gasteiger partial charge is 0.174 e. The minimum atomic E-state index is -0.161. The van der Waals surface area contributed by atoms with E-state index in [1.807, 2.05) is 65.7 Å². The number of phenolic OH excluding ortho intramolecular Hbond substituents is 1. The first-order valence-electron chi connectivity index (χ1n) is 9.74. The maximum atomic E-state index is 10.5. The number of thiocarbonyl (C=S) groups is 1. The van der Waals surface area contributed by atoms with Crippen molar-refractivity contribution in [2.45, 2.75) is 12.1 Å². The predicted molar refractivity (Wildman–Crippen MR) is 122 cm³/mol. The van der Waals surface area contributed by atoms with Gasteiger partial charge in [-0.2, -0.15) is 0 Å². The Morgan fingerprint density at radius 2 is 1.67 bits per heavy atom. The number of benzene rings is 2. The topological polar surface area (TPSA) is 53.3 Å². The maximum Gasteiger partial charge on any atom is 0.174 e. The third-order valence-corrected chi connectivity index (χ3v) is 5.67. The average molecular weight is 413 g/mol. The van der Waals surface area contributed by atoms with Crippen LogP contribution < -0.4 is 10.2 Å². The highest BCUT2D eigenvalue weighted by Crippen LogP contribution is 2.44. The molecular weight excluding hydrogens is 392 g/mol. The van der Waals surface area contributed by atoms with Crippen LogP contribution in [-0.4, -0.2) is 19.8 Å². The summed E-state index contributed by atoms with van der Waals surface area (Å²) in [5.41, 5.74) is 3.73. The summed E-state index contributed by atoms with van der Waals surface area (Å²) in [5, 5.41) is 14.5. The number of phenols is 1. The van der Waals surface area contributed by atoms with Crippen molar-refractivity contribution in [1.29, 1.82) is 0 Å². The van der Waals surface area contributed by atoms with Crippen LogP contribution in [0.25, 0.3) is 5.69 Å². The van der Waals surface area contributed by atoms with Gasteiger partial charge in [0.2, 0.25) is 0 Å². The Morgan fingerprint density at radius 1 is 0.900 bits per heavy atom. The van der Waals surface area contributed by atoms with Crippen LogP contribution in [0.5, 0.6) is 5.75 Å². The molecular formula is C24H20N4OS. The van der Waals surface area contributed by atoms with Crippen LogP contribution in [-0.2, 0) is 0 Å². The zero-order valence-electron chi connectivity index (χ0n) is 16.1. The van der Waals surface area contributed by atoms with Crippen LogP contribution in [0.1, 0.15) is 23.3 Å². The van der Waals surface area contributed by atoms with E-state index in [4.69, 9.17) is 12.2 Å². The molecule has 2 aromatic heterocycles. The summed E-state index contributed by atoms with van der Waals surface area (Å²) < 4.78 is 2.09. The molecule has 148 valence electrons. The molecule has 0 spiro atoms. The summed E-state index contributed by atoms with van der Waals surface area (Å²) >= 11 is 5.71. The van der Waals surface area contributed by atoms with Crippen molar-refractivity contribution in [3.8, 4) is 11.4 Å². The summed E-state index contributed by atoms with van der Waals surface area (Å²) in [5.74, 6) is 0.191. The standard InChI is InChI=1S/C24H20N4OS/c29-21-12-5-4-11-20(21)28-23(22(26-24(28)30)19-10-6-7-14-25-19)17-13-15-27(16-17)18-8-2-1-3-9-18/h1-16,22-23,29H,(H,26,30)/t22-,23+/m1/s1. The number of para-hydroxylation sites is 3. The second-order valence-corrected chi connectivity index (χ2v) is 7.56. The Balaban J connectivity index is 1.62. The van der Waals surface area contributed by atoms with Gasteiger partial charge in [-0.3, -0.25) is 4.98 Å². The molecule has 2 N–H and O–H groups in total. The van der Waals surface area contributed by atoms with Crippen molar-refractivity contribution in [3.63, 3.8) is 0 Å². The van der Waals surface area contributed by atoms with Gasteiger partial charge in [0.1, 0.15) is 5.75 Å². The van der Waals surface area contributed by atoms with Gasteiger partial charge < -0.3 is 19.9 Å². The van der Waals surface area contributed by atoms with E-state index in [0.717, 1.165) is 16.9 Å². The van der Waals surface area contributed by atoms with Gasteiger partial charge in [0, 0.05) is 24.3 Å². The molecule has 6 heteroatoms. The quantitative estimate of drug-likeness (QED) is 0.474. The van der Waals surface area contributed by atoms with Crippen molar-refractivity contribution in [1.82, 2.24) is 14.9 Å². The average Bonchev–Trinajstić information content (AvgIpc) is 3.40. The molecule has 4 aromatic rings. The number of nitrogens with zero attached hydrogens (tertiary/aromatic N) is 3. The van der Waals surface area contributed by atoms with Crippen molar-refractivity contribution in [3.05, 3.63) is 109 Å². The summed E-state index contributed by atoms with van der Waals surface area (Å²) in [6.07, 6.45) is 5.94. The summed E-state index contributed by atoms with van der Waals surface area (Å²) in [6, 6.07) is 25.1. The van der Waals surface area contributed by atoms with Gasteiger partial charge >= 0.3 is 0 Å². The molecule has 0 unspecified atom stereocenters. The minimum Gasteiger partial charge on any atom is -0.506 e. The SMILES string of the molecule is Oc1ccccc1N1C(=S)N[C@H](c2ccccn2)[C@@H]1c1ccn(-c2ccccc2)c1. The van der Waals surface area contributed by atoms with Gasteiger partial charge in [0.15, 0.2) is 5.11 Å². The Bertz CT molecular complexity index is 1180. The number of aromatic nitrogens is 2. The third kappa shape index (κ3) is 3.21. The fourth-order valence-electron chi connectivity index (χ4n) is 3.97. The fraction of sp³-hybridized carbons (Fsp3) is 0.0833. The van der Waals surface area contributed by atoms with E-state index in [2.05, 4.69) is 39.3 Å². The first-order valence-corrected chi connectivity index (χ1v) is 10.1. The van der Waals surface area contributed by atoms with Crippen molar-refractivity contribution < 1.29 is 5.11 Å². The predicted octanol–water partition coefficient (Wildman–Crippen LogP) is 4.76. The number of hydrogen-bond acceptors (Lipinski definition) is 3. The molecule has 0 bridgehead atoms. The van der Waals surface area contributed by atoms with Crippen molar-refractivity contribution >= 4 is 23.0 Å². The first kappa shape index (κ1) is 18.4. The van der Waals surface area contributed by atoms with Crippen LogP contribution in [0.4, 0.5) is 5.69 Å². The van der Waals surface area contributed by atoms with Gasteiger partial charge in [0.05, 0.1) is 23.5 Å². The van der Waals surface area contributed by atoms with Crippen LogP contribution in [0.2, 0.25) is 0 Å². The Kier molecular flexibility index (Phi) is 4.69. The molecule has 1 aliphatic rings. The second kappa shape index (κ2) is 7.65. The monoisotopic (exact) mass is 412 g/mol. The van der Waals surface area contributed by atoms with Crippen molar-refractivity contribution in [2.24, 2.45) is 0 Å². The van der Waals surface area contributed by atoms with E-state index in [9.17, 15) is 5.11 Å². The maximum absolute atomic E-state index is 10.5. The zero-order chi connectivity index (χ0) is 20.5. The van der Waals surface area contributed by atoms with Gasteiger partial charge in [-0.05, 0) is 60.2 Å². The first-order chi connectivity index (χ1) is 14.7. The lowest BCUT2D eigenvalue weighted by molar-refractivity contribution is 0.473. The largest absolute Gasteiger partial charge is 0.506 e. The zero-order valence-corrected chi connectivity index (χ0v) is 16.9. The number of nitrogens with one attached hydrogen (secondary N) is 1. The lowest BCUT2D eigenvalue weighted by Crippen LogP contribution is -2.29. The van der Waals surface area contributed by atoms with Crippen molar-refractivity contribution in [2.75, 3.05) is 4.90 Å². The Labute approximate surface area is 180 Å². The van der Waals surface area contributed by atoms with Gasteiger partial charge in [0.25, 0.3) is 0 Å². The van der Waals surface area contributed by atoms with E-state index in [1.165, 1.54) is 0 Å². The Morgan fingerprint density at radius 3 is 2.43 bits per heavy atom. The third-order valence-electron chi connectivity index (χ3n) is 5.35. The van der Waals surface area contributed by atoms with E-state index in [-0.39, 0.29) is 17.8 Å². The fourth-order valence-corrected chi connectivity index (χ4v) is 4.31. The van der Waals surface area contributed by atoms with Gasteiger partial charge in [-0.25, -0.2) is 0 Å². The normalized spacial score (nSPS) is 18.4. The number of rotatable bonds is 4. The Hall–Kier alpha value is -3.64. The molecule has 5 rings (SSSR count). The number of pyridine rings is 1. The number of aromatic hydroxyl groups is 1. The second-order valence-electron chi connectivity index (χ2n) is 7.17. The summed E-state index contributed by atoms with van der Waals surface area (Å²) in [7, 11) is 0. The van der Waals surface area contributed by atoms with Gasteiger partial charge in [-0.15, -0.1) is 0 Å². The molecule has 2 atom stereocenters. The molecule has 3 heterocycles. The molecule has 1 fully saturated rings. The van der Waals surface area contributed by atoms with Crippen LogP contribution >= 0.6 is 12.2 Å². The van der Waals surface area contributed by atoms with Crippen LogP contribution in [0.15, 0.2) is 97.5 Å². The van der Waals surface area contributed by atoms with Crippen LogP contribution in [0.3, 0.4) is 0 Å². The van der Waals surface area contributed by atoms with E-state index in [0.29, 0.717) is 10.8 Å². The van der Waals surface area contributed by atoms with Gasteiger partial charge in [-0.1, -0.05) is 36.4 Å². The molecule has 0 radical (unpaired) electrons. The number of hydrogen-bond donors (Lipinski definition) is 2. The molecule has 2 aromatic carbocycles. The summed E-state index contributed by atoms with van der Waals surface area (Å²) in [6.45, 7) is 0. The van der Waals surface area contributed by atoms with E-state index >= 15 is 0 Å². The molecule has 30 heavy (non-hydrogen) atoms. The molecule has 0 aliphatic carbocycles. The van der Waals surface area contributed by atoms with Crippen LogP contribution in [0, 0.1) is 0 Å². The highest BCUT2D eigenvalue weighted by molar-refractivity contribution is 7.80. The molecule has 1 saturated heterocycles. The number of anilines is 1. The molecule has 1 aliphatic heterocycles. The molecule has 5 nitrogen and oxygen atoms in total. The highest BCUT2D eigenvalue weighted by atomic mass is 32.1. The van der Waals surface area contributed by atoms with E-state index < -0.39 is 0 Å². The molecule has 0 saturated carbocycles. The lowest BCUT2D eigenvalue weighted by Gasteiger charge is -2.27. The molecule has 0 amide bonds. The highest BCUT2D eigenvalue weighted by Gasteiger charge is 2.41. The lowest BCUT2D eigenvalue weighted by atomic mass is 9.98. The van der Waals surface area contributed by atoms with E-state index in [1.54, 1.807) is 12.3 Å².